The maximum Gasteiger partial charge on any atom is 0.160 e. The van der Waals surface area contributed by atoms with Gasteiger partial charge in [-0.1, -0.05) is 0 Å². The molecule has 0 aliphatic heterocycles. The molecule has 0 radical (unpaired) electrons. The Morgan fingerprint density at radius 3 is 2.63 bits per heavy atom. The number of aromatic nitrogens is 6. The van der Waals surface area contributed by atoms with E-state index in [1.807, 2.05) is 36.5 Å². The highest BCUT2D eigenvalue weighted by Crippen LogP contribution is 2.55. The van der Waals surface area contributed by atoms with E-state index in [-0.39, 0.29) is 0 Å². The van der Waals surface area contributed by atoms with Crippen LogP contribution in [0.1, 0.15) is 45.2 Å². The lowest BCUT2D eigenvalue weighted by atomic mass is 10.1. The zero-order valence-corrected chi connectivity index (χ0v) is 17.0. The summed E-state index contributed by atoms with van der Waals surface area (Å²) in [5.74, 6) is 2.04. The fourth-order valence-corrected chi connectivity index (χ4v) is 4.80. The molecule has 0 aromatic carbocycles. The molecule has 4 heterocycles. The van der Waals surface area contributed by atoms with E-state index in [0.717, 1.165) is 51.1 Å². The number of rotatable bonds is 3. The van der Waals surface area contributed by atoms with Crippen molar-refractivity contribution in [2.75, 3.05) is 0 Å². The fourth-order valence-electron chi connectivity index (χ4n) is 3.84. The first-order valence-electron chi connectivity index (χ1n) is 9.19. The van der Waals surface area contributed by atoms with Crippen molar-refractivity contribution < 1.29 is 0 Å². The van der Waals surface area contributed by atoms with E-state index in [1.165, 1.54) is 4.88 Å². The molecular formula is C20H22N6S. The number of pyridine rings is 1. The fraction of sp³-hybridized carbons (Fsp3) is 0.400. The van der Waals surface area contributed by atoms with Crippen LogP contribution in [0.2, 0.25) is 0 Å². The van der Waals surface area contributed by atoms with Crippen molar-refractivity contribution in [2.24, 2.45) is 14.1 Å². The predicted octanol–water partition coefficient (Wildman–Crippen LogP) is 4.02. The summed E-state index contributed by atoms with van der Waals surface area (Å²) in [6, 6.07) is 4.32. The van der Waals surface area contributed by atoms with Crippen molar-refractivity contribution in [3.63, 3.8) is 0 Å². The van der Waals surface area contributed by atoms with E-state index in [1.54, 1.807) is 11.3 Å². The number of imidazole rings is 1. The highest BCUT2D eigenvalue weighted by molar-refractivity contribution is 7.11. The first-order chi connectivity index (χ1) is 12.9. The minimum absolute atomic E-state index is 0.494. The second kappa shape index (κ2) is 5.73. The maximum absolute atomic E-state index is 4.89. The second-order valence-corrected chi connectivity index (χ2v) is 8.79. The molecule has 0 amide bonds. The van der Waals surface area contributed by atoms with Crippen LogP contribution in [0.25, 0.3) is 22.6 Å². The van der Waals surface area contributed by atoms with Gasteiger partial charge >= 0.3 is 0 Å². The molecule has 1 aliphatic rings. The molecule has 4 aromatic rings. The first kappa shape index (κ1) is 16.6. The van der Waals surface area contributed by atoms with Gasteiger partial charge in [0.05, 0.1) is 22.1 Å². The summed E-state index contributed by atoms with van der Waals surface area (Å²) in [7, 11) is 4.02. The predicted molar refractivity (Wildman–Crippen MR) is 107 cm³/mol. The van der Waals surface area contributed by atoms with Crippen LogP contribution >= 0.6 is 11.3 Å². The monoisotopic (exact) mass is 378 g/mol. The molecular weight excluding hydrogens is 356 g/mol. The number of nitrogens with zero attached hydrogens (tertiary/aromatic N) is 6. The van der Waals surface area contributed by atoms with Gasteiger partial charge in [0.2, 0.25) is 0 Å². The maximum atomic E-state index is 4.89. The van der Waals surface area contributed by atoms with E-state index in [0.29, 0.717) is 11.8 Å². The van der Waals surface area contributed by atoms with E-state index >= 15 is 0 Å². The molecule has 0 spiro atoms. The van der Waals surface area contributed by atoms with Crippen LogP contribution in [0.3, 0.4) is 0 Å². The van der Waals surface area contributed by atoms with Crippen LogP contribution in [0.4, 0.5) is 0 Å². The Balaban J connectivity index is 1.52. The molecule has 27 heavy (non-hydrogen) atoms. The summed E-state index contributed by atoms with van der Waals surface area (Å²) >= 11 is 1.80. The second-order valence-electron chi connectivity index (χ2n) is 7.52. The largest absolute Gasteiger partial charge is 0.316 e. The average Bonchev–Trinajstić information content (AvgIpc) is 3.01. The average molecular weight is 379 g/mol. The van der Waals surface area contributed by atoms with E-state index in [2.05, 4.69) is 35.9 Å². The number of aryl methyl sites for hydroxylation is 5. The van der Waals surface area contributed by atoms with Gasteiger partial charge in [-0.15, -0.1) is 11.3 Å². The van der Waals surface area contributed by atoms with Gasteiger partial charge in [0.25, 0.3) is 0 Å². The topological polar surface area (TPSA) is 61.4 Å². The van der Waals surface area contributed by atoms with Gasteiger partial charge in [-0.25, -0.2) is 15.0 Å². The zero-order chi connectivity index (χ0) is 18.9. The highest BCUT2D eigenvalue weighted by atomic mass is 32.1. The van der Waals surface area contributed by atoms with Crippen LogP contribution in [-0.4, -0.2) is 29.3 Å². The van der Waals surface area contributed by atoms with E-state index in [9.17, 15) is 0 Å². The Hall–Kier alpha value is -2.54. The Morgan fingerprint density at radius 2 is 1.89 bits per heavy atom. The molecule has 0 bridgehead atoms. The molecule has 2 unspecified atom stereocenters. The number of hydrogen-bond acceptors (Lipinski definition) is 5. The van der Waals surface area contributed by atoms with Crippen LogP contribution in [-0.2, 0) is 14.1 Å². The third kappa shape index (κ3) is 2.60. The zero-order valence-electron chi connectivity index (χ0n) is 16.2. The van der Waals surface area contributed by atoms with Gasteiger partial charge in [0.15, 0.2) is 5.65 Å². The highest BCUT2D eigenvalue weighted by Gasteiger charge is 2.42. The minimum Gasteiger partial charge on any atom is -0.316 e. The third-order valence-corrected chi connectivity index (χ3v) is 6.62. The summed E-state index contributed by atoms with van der Waals surface area (Å²) in [6.07, 6.45) is 3.18. The molecule has 6 nitrogen and oxygen atoms in total. The standard InChI is InChI=1S/C20H22N6S/c1-10-6-16(23-20-19(10)22-11(2)25(20)4)17-8-15(24-26(17)5)13-7-14(13)18-9-21-12(3)27-18/h6,8-9,13-14H,7H2,1-5H3. The van der Waals surface area contributed by atoms with Gasteiger partial charge in [-0.05, 0) is 44.9 Å². The summed E-state index contributed by atoms with van der Waals surface area (Å²) in [4.78, 5) is 15.3. The van der Waals surface area contributed by atoms with Crippen LogP contribution in [0, 0.1) is 20.8 Å². The number of fused-ring (bicyclic) bond motifs is 1. The van der Waals surface area contributed by atoms with Crippen molar-refractivity contribution in [2.45, 2.75) is 39.0 Å². The lowest BCUT2D eigenvalue weighted by molar-refractivity contribution is 0.745. The molecule has 5 rings (SSSR count). The minimum atomic E-state index is 0.494. The number of hydrogen-bond donors (Lipinski definition) is 0. The molecule has 138 valence electrons. The molecule has 1 fully saturated rings. The van der Waals surface area contributed by atoms with Gasteiger partial charge in [-0.3, -0.25) is 4.68 Å². The van der Waals surface area contributed by atoms with Gasteiger partial charge in [0.1, 0.15) is 11.3 Å². The Bertz CT molecular complexity index is 1180. The van der Waals surface area contributed by atoms with Crippen LogP contribution in [0.5, 0.6) is 0 Å². The normalized spacial score (nSPS) is 19.1. The molecule has 0 saturated heterocycles. The summed E-state index contributed by atoms with van der Waals surface area (Å²) in [6.45, 7) is 6.17. The van der Waals surface area contributed by atoms with E-state index in [4.69, 9.17) is 10.1 Å². The molecule has 7 heteroatoms. The first-order valence-corrected chi connectivity index (χ1v) is 10.0. The van der Waals surface area contributed by atoms with Crippen LogP contribution in [0.15, 0.2) is 18.3 Å². The van der Waals surface area contributed by atoms with Crippen molar-refractivity contribution in [3.8, 4) is 11.4 Å². The Kier molecular flexibility index (Phi) is 3.53. The Labute approximate surface area is 161 Å². The van der Waals surface area contributed by atoms with E-state index < -0.39 is 0 Å². The summed E-state index contributed by atoms with van der Waals surface area (Å²) in [5.41, 5.74) is 6.21. The molecule has 4 aromatic heterocycles. The van der Waals surface area contributed by atoms with Crippen molar-refractivity contribution >= 4 is 22.5 Å². The van der Waals surface area contributed by atoms with Gasteiger partial charge in [0, 0.05) is 37.0 Å². The van der Waals surface area contributed by atoms with Crippen molar-refractivity contribution in [3.05, 3.63) is 45.3 Å². The van der Waals surface area contributed by atoms with Crippen molar-refractivity contribution in [1.82, 2.24) is 29.3 Å². The molecule has 2 atom stereocenters. The van der Waals surface area contributed by atoms with Gasteiger partial charge < -0.3 is 4.57 Å². The molecule has 0 N–H and O–H groups in total. The molecule has 1 aliphatic carbocycles. The van der Waals surface area contributed by atoms with Crippen molar-refractivity contribution in [1.29, 1.82) is 0 Å². The summed E-state index contributed by atoms with van der Waals surface area (Å²) in [5, 5.41) is 5.94. The van der Waals surface area contributed by atoms with Crippen LogP contribution < -0.4 is 0 Å². The SMILES string of the molecule is Cc1ncc(C2CC2c2cc(-c3cc(C)c4nc(C)n(C)c4n3)n(C)n2)s1. The lowest BCUT2D eigenvalue weighted by Gasteiger charge is -2.04. The smallest absolute Gasteiger partial charge is 0.160 e. The lowest BCUT2D eigenvalue weighted by Crippen LogP contribution is -1.98. The van der Waals surface area contributed by atoms with Gasteiger partial charge in [-0.2, -0.15) is 5.10 Å². The Morgan fingerprint density at radius 1 is 1.07 bits per heavy atom. The third-order valence-electron chi connectivity index (χ3n) is 5.58. The summed E-state index contributed by atoms with van der Waals surface area (Å²) < 4.78 is 4.01. The quantitative estimate of drug-likeness (QED) is 0.540. The number of thiazole rings is 1. The molecule has 1 saturated carbocycles.